The van der Waals surface area contributed by atoms with Crippen LogP contribution in [0.3, 0.4) is 0 Å². The van der Waals surface area contributed by atoms with Crippen molar-refractivity contribution >= 4 is 51.1 Å². The molecule has 0 radical (unpaired) electrons. The number of carbonyl (C=O) groups is 2. The number of ether oxygens (including phenoxy) is 3. The molecule has 5 atom stereocenters. The van der Waals surface area contributed by atoms with Crippen molar-refractivity contribution in [3.8, 4) is 0 Å². The molecular formula is C48H46BrN5O7. The highest BCUT2D eigenvalue weighted by Gasteiger charge is 2.48. The van der Waals surface area contributed by atoms with Gasteiger partial charge in [-0.1, -0.05) is 148 Å². The first-order chi connectivity index (χ1) is 29.5. The van der Waals surface area contributed by atoms with E-state index in [1.54, 1.807) is 55.8 Å². The Balaban J connectivity index is 1.13. The van der Waals surface area contributed by atoms with Gasteiger partial charge in [0.15, 0.2) is 6.23 Å². The number of halogens is 1. The van der Waals surface area contributed by atoms with Gasteiger partial charge in [-0.3, -0.25) is 10.1 Å². The van der Waals surface area contributed by atoms with Gasteiger partial charge in [0.1, 0.15) is 29.7 Å². The van der Waals surface area contributed by atoms with Crippen LogP contribution in [0.4, 0.5) is 22.0 Å². The first-order valence-corrected chi connectivity index (χ1v) is 20.7. The Kier molecular flexibility index (Phi) is 11.9. The van der Waals surface area contributed by atoms with Crippen LogP contribution < -0.4 is 15.5 Å². The van der Waals surface area contributed by atoms with Gasteiger partial charge in [0.2, 0.25) is 18.1 Å². The molecule has 8 rings (SSSR count). The second-order valence-electron chi connectivity index (χ2n) is 15.8. The number of guanidine groups is 1. The number of para-hydroxylation sites is 2. The van der Waals surface area contributed by atoms with Crippen LogP contribution in [0.5, 0.6) is 0 Å². The minimum absolute atomic E-state index is 0.00864. The molecule has 2 amide bonds. The summed E-state index contributed by atoms with van der Waals surface area (Å²) in [6.07, 6.45) is -5.33. The largest absolute Gasteiger partial charge is 0.421 e. The van der Waals surface area contributed by atoms with Gasteiger partial charge in [-0.2, -0.15) is 0 Å². The Labute approximate surface area is 362 Å². The third-order valence-electron chi connectivity index (χ3n) is 10.7. The molecule has 312 valence electrons. The normalized spacial score (nSPS) is 19.9. The molecule has 5 aromatic carbocycles. The van der Waals surface area contributed by atoms with E-state index < -0.39 is 47.9 Å². The molecule has 0 saturated carbocycles. The van der Waals surface area contributed by atoms with Crippen molar-refractivity contribution in [3.63, 3.8) is 0 Å². The second-order valence-corrected chi connectivity index (χ2v) is 16.7. The molecule has 1 aromatic heterocycles. The third-order valence-corrected chi connectivity index (χ3v) is 11.3. The van der Waals surface area contributed by atoms with Crippen molar-refractivity contribution < 1.29 is 34.0 Å². The van der Waals surface area contributed by atoms with Crippen molar-refractivity contribution in [1.82, 2.24) is 9.88 Å². The topological polar surface area (TPSA) is 147 Å². The molecule has 12 nitrogen and oxygen atoms in total. The SMILES string of the molecule is CC(C)(C)C(=O)NC1=NC(OC(=O)N(c2ccccc2)c2ccccc2)c2c(Br)cn(C3OC(COC(c4ccccc4)(c4ccccc4)c4ccccc4)[C@@H](O)[C@H]3O)c2N1. The zero-order chi connectivity index (χ0) is 42.7. The van der Waals surface area contributed by atoms with Gasteiger partial charge < -0.3 is 34.3 Å². The minimum Gasteiger partial charge on any atom is -0.418 e. The number of hydrogen-bond acceptors (Lipinski definition) is 9. The van der Waals surface area contributed by atoms with Gasteiger partial charge in [-0.15, -0.1) is 0 Å². The molecule has 1 fully saturated rings. The van der Waals surface area contributed by atoms with Crippen LogP contribution in [0.25, 0.3) is 0 Å². The number of hydrogen-bond donors (Lipinski definition) is 4. The number of nitrogens with zero attached hydrogens (tertiary/aromatic N) is 3. The molecule has 0 aliphatic carbocycles. The quantitative estimate of drug-likeness (QED) is 0.1000. The summed E-state index contributed by atoms with van der Waals surface area (Å²) in [6, 6.07) is 47.7. The number of aliphatic imine (C=N–C) groups is 1. The minimum atomic E-state index is -1.43. The summed E-state index contributed by atoms with van der Waals surface area (Å²) >= 11 is 3.65. The van der Waals surface area contributed by atoms with E-state index in [4.69, 9.17) is 14.2 Å². The zero-order valence-corrected chi connectivity index (χ0v) is 35.3. The average Bonchev–Trinajstić information content (AvgIpc) is 3.76. The maximum Gasteiger partial charge on any atom is 0.421 e. The summed E-state index contributed by atoms with van der Waals surface area (Å²) < 4.78 is 21.8. The third kappa shape index (κ3) is 8.35. The first kappa shape index (κ1) is 41.6. The Morgan fingerprint density at radius 1 is 0.770 bits per heavy atom. The number of fused-ring (bicyclic) bond motifs is 1. The number of anilines is 3. The van der Waals surface area contributed by atoms with Crippen LogP contribution in [0.2, 0.25) is 0 Å². The van der Waals surface area contributed by atoms with E-state index in [0.717, 1.165) is 16.7 Å². The van der Waals surface area contributed by atoms with Crippen molar-refractivity contribution in [2.45, 2.75) is 57.1 Å². The molecule has 4 N–H and O–H groups in total. The number of rotatable bonds is 10. The van der Waals surface area contributed by atoms with Gasteiger partial charge in [0, 0.05) is 16.1 Å². The monoisotopic (exact) mass is 883 g/mol. The van der Waals surface area contributed by atoms with Crippen LogP contribution >= 0.6 is 15.9 Å². The summed E-state index contributed by atoms with van der Waals surface area (Å²) in [6.45, 7) is 5.18. The fourth-order valence-electron chi connectivity index (χ4n) is 7.58. The molecule has 3 unspecified atom stereocenters. The molecule has 61 heavy (non-hydrogen) atoms. The number of aromatic nitrogens is 1. The van der Waals surface area contributed by atoms with Crippen molar-refractivity contribution in [3.05, 3.63) is 185 Å². The number of aliphatic hydroxyl groups excluding tert-OH is 2. The van der Waals surface area contributed by atoms with Crippen molar-refractivity contribution in [1.29, 1.82) is 0 Å². The van der Waals surface area contributed by atoms with E-state index in [0.29, 0.717) is 27.2 Å². The van der Waals surface area contributed by atoms with Gasteiger partial charge in [0.25, 0.3) is 0 Å². The van der Waals surface area contributed by atoms with E-state index in [1.807, 2.05) is 127 Å². The lowest BCUT2D eigenvalue weighted by Gasteiger charge is -2.37. The highest BCUT2D eigenvalue weighted by Crippen LogP contribution is 2.45. The van der Waals surface area contributed by atoms with E-state index in [2.05, 4.69) is 31.6 Å². The number of carbonyl (C=O) groups excluding carboxylic acids is 2. The highest BCUT2D eigenvalue weighted by molar-refractivity contribution is 9.10. The summed E-state index contributed by atoms with van der Waals surface area (Å²) in [4.78, 5) is 33.7. The summed E-state index contributed by atoms with van der Waals surface area (Å²) in [5, 5.41) is 29.4. The predicted octanol–water partition coefficient (Wildman–Crippen LogP) is 8.80. The van der Waals surface area contributed by atoms with Gasteiger partial charge in [-0.05, 0) is 56.9 Å². The molecule has 0 spiro atoms. The molecule has 2 aliphatic heterocycles. The number of aliphatic hydroxyl groups is 2. The molecule has 6 aromatic rings. The summed E-state index contributed by atoms with van der Waals surface area (Å²) in [7, 11) is 0. The predicted molar refractivity (Wildman–Crippen MR) is 236 cm³/mol. The lowest BCUT2D eigenvalue weighted by atomic mass is 9.80. The first-order valence-electron chi connectivity index (χ1n) is 19.9. The van der Waals surface area contributed by atoms with E-state index in [1.165, 1.54) is 4.90 Å². The standard InChI is InChI=1S/C48H46BrN5O7/c1-47(2,3)44(57)52-45-50-41-38(42(51-45)61-46(58)54(34-25-15-7-16-26-34)35-27-17-8-18-28-35)36(49)29-53(41)43-40(56)39(55)37(60-43)30-59-48(31-19-9-4-10-20-31,32-21-11-5-12-22-32)33-23-13-6-14-24-33/h4-29,37,39-40,42-43,55-56H,30H2,1-3H3,(H2,50,51,52,57)/t37?,39-,40-,42?,43?/m1/s1. The van der Waals surface area contributed by atoms with Crippen LogP contribution in [-0.2, 0) is 24.6 Å². The molecule has 13 heteroatoms. The number of nitrogens with one attached hydrogen (secondary N) is 2. The van der Waals surface area contributed by atoms with Crippen LogP contribution in [0.15, 0.2) is 167 Å². The molecule has 1 saturated heterocycles. The molecular weight excluding hydrogens is 838 g/mol. The molecule has 0 bridgehead atoms. The van der Waals surface area contributed by atoms with E-state index in [9.17, 15) is 19.8 Å². The highest BCUT2D eigenvalue weighted by atomic mass is 79.9. The summed E-state index contributed by atoms with van der Waals surface area (Å²) in [5.74, 6) is -0.0302. The van der Waals surface area contributed by atoms with Gasteiger partial charge >= 0.3 is 6.09 Å². The fraction of sp³-hybridized carbons (Fsp3) is 0.229. The second kappa shape index (κ2) is 17.5. The van der Waals surface area contributed by atoms with Crippen molar-refractivity contribution in [2.75, 3.05) is 16.8 Å². The average molecular weight is 885 g/mol. The Hall–Kier alpha value is -6.09. The number of benzene rings is 5. The number of amides is 2. The lowest BCUT2D eigenvalue weighted by molar-refractivity contribution is -0.126. The summed E-state index contributed by atoms with van der Waals surface area (Å²) in [5.41, 5.74) is 2.23. The van der Waals surface area contributed by atoms with Crippen LogP contribution in [0, 0.1) is 5.41 Å². The van der Waals surface area contributed by atoms with Crippen LogP contribution in [-0.4, -0.2) is 57.7 Å². The maximum atomic E-state index is 14.3. The molecule has 2 aliphatic rings. The smallest absolute Gasteiger partial charge is 0.418 e. The molecule has 3 heterocycles. The van der Waals surface area contributed by atoms with Crippen molar-refractivity contribution in [2.24, 2.45) is 10.4 Å². The van der Waals surface area contributed by atoms with Gasteiger partial charge in [0.05, 0.1) is 23.5 Å². The van der Waals surface area contributed by atoms with Gasteiger partial charge in [-0.25, -0.2) is 14.7 Å². The van der Waals surface area contributed by atoms with Crippen LogP contribution in [0.1, 0.15) is 55.5 Å². The Morgan fingerprint density at radius 2 is 1.25 bits per heavy atom. The Bertz CT molecular complexity index is 2350. The van der Waals surface area contributed by atoms with E-state index >= 15 is 0 Å². The fourth-order valence-corrected chi connectivity index (χ4v) is 8.18. The maximum absolute atomic E-state index is 14.3. The Morgan fingerprint density at radius 3 is 1.72 bits per heavy atom. The van der Waals surface area contributed by atoms with E-state index in [-0.39, 0.29) is 18.5 Å². The lowest BCUT2D eigenvalue weighted by Crippen LogP contribution is -2.44. The zero-order valence-electron chi connectivity index (χ0n) is 33.8.